The molecule has 1 saturated carbocycles. The molecule has 0 spiro atoms. The van der Waals surface area contributed by atoms with Crippen molar-refractivity contribution in [1.82, 2.24) is 5.32 Å². The Kier molecular flexibility index (Phi) is 1.46. The topological polar surface area (TPSA) is 32.3 Å². The maximum atomic E-state index is 9.10. The van der Waals surface area contributed by atoms with E-state index in [1.54, 1.807) is 0 Å². The molecule has 10 heavy (non-hydrogen) atoms. The van der Waals surface area contributed by atoms with Crippen molar-refractivity contribution < 1.29 is 5.11 Å². The van der Waals surface area contributed by atoms with Crippen molar-refractivity contribution in [3.8, 4) is 0 Å². The second-order valence-corrected chi connectivity index (χ2v) is 3.76. The molecule has 58 valence electrons. The lowest BCUT2D eigenvalue weighted by molar-refractivity contribution is 0.0585. The van der Waals surface area contributed by atoms with Crippen LogP contribution in [0.25, 0.3) is 0 Å². The van der Waals surface area contributed by atoms with Gasteiger partial charge in [-0.1, -0.05) is 0 Å². The number of rotatable bonds is 1. The van der Waals surface area contributed by atoms with E-state index < -0.39 is 0 Å². The molecule has 0 unspecified atom stereocenters. The molecule has 3 aliphatic rings. The largest absolute Gasteiger partial charge is 0.394 e. The minimum Gasteiger partial charge on any atom is -0.394 e. The molecule has 0 atom stereocenters. The van der Waals surface area contributed by atoms with Crippen LogP contribution in [0.1, 0.15) is 25.7 Å². The fraction of sp³-hybridized carbons (Fsp3) is 1.00. The third-order valence-electron chi connectivity index (χ3n) is 3.13. The fourth-order valence-corrected chi connectivity index (χ4v) is 2.19. The molecule has 0 aromatic rings. The maximum Gasteiger partial charge on any atom is 0.0613 e. The van der Waals surface area contributed by atoms with Crippen LogP contribution in [0.3, 0.4) is 0 Å². The highest BCUT2D eigenvalue weighted by atomic mass is 16.3. The van der Waals surface area contributed by atoms with Crippen molar-refractivity contribution in [2.75, 3.05) is 13.2 Å². The van der Waals surface area contributed by atoms with Crippen LogP contribution in [-0.4, -0.2) is 23.8 Å². The molecule has 0 aromatic carbocycles. The zero-order chi connectivity index (χ0) is 7.03. The van der Waals surface area contributed by atoms with E-state index in [4.69, 9.17) is 5.11 Å². The Bertz CT molecular complexity index is 113. The lowest BCUT2D eigenvalue weighted by Crippen LogP contribution is -2.57. The number of aliphatic hydroxyl groups is 1. The van der Waals surface area contributed by atoms with Gasteiger partial charge in [-0.3, -0.25) is 0 Å². The highest BCUT2D eigenvalue weighted by molar-refractivity contribution is 4.97. The Morgan fingerprint density at radius 3 is 2.40 bits per heavy atom. The Hall–Kier alpha value is -0.0800. The molecule has 2 N–H and O–H groups in total. The molecule has 0 amide bonds. The van der Waals surface area contributed by atoms with Gasteiger partial charge in [0, 0.05) is 5.54 Å². The lowest BCUT2D eigenvalue weighted by Gasteiger charge is -2.46. The summed E-state index contributed by atoms with van der Waals surface area (Å²) in [5.74, 6) is 0.911. The standard InChI is InChI=1S/C8H15NO/c10-6-8-3-1-7(2-4-8)5-9-8/h7,9-10H,1-6H2. The van der Waals surface area contributed by atoms with Crippen molar-refractivity contribution in [3.63, 3.8) is 0 Å². The Labute approximate surface area is 61.6 Å². The molecule has 2 saturated heterocycles. The number of aliphatic hydroxyl groups excluding tert-OH is 1. The molecule has 2 bridgehead atoms. The molecule has 2 aliphatic heterocycles. The van der Waals surface area contributed by atoms with Crippen LogP contribution < -0.4 is 5.32 Å². The van der Waals surface area contributed by atoms with Crippen LogP contribution in [0.4, 0.5) is 0 Å². The van der Waals surface area contributed by atoms with Gasteiger partial charge >= 0.3 is 0 Å². The van der Waals surface area contributed by atoms with E-state index in [0.717, 1.165) is 12.5 Å². The molecule has 3 rings (SSSR count). The van der Waals surface area contributed by atoms with Crippen LogP contribution in [0.2, 0.25) is 0 Å². The van der Waals surface area contributed by atoms with Crippen molar-refractivity contribution in [1.29, 1.82) is 0 Å². The van der Waals surface area contributed by atoms with Crippen LogP contribution in [0.5, 0.6) is 0 Å². The molecule has 1 aliphatic carbocycles. The second-order valence-electron chi connectivity index (χ2n) is 3.76. The molecule has 2 heterocycles. The van der Waals surface area contributed by atoms with Gasteiger partial charge < -0.3 is 10.4 Å². The van der Waals surface area contributed by atoms with Gasteiger partial charge in [0.25, 0.3) is 0 Å². The third-order valence-corrected chi connectivity index (χ3v) is 3.13. The Morgan fingerprint density at radius 1 is 1.40 bits per heavy atom. The molecule has 0 radical (unpaired) electrons. The van der Waals surface area contributed by atoms with Gasteiger partial charge in [0.15, 0.2) is 0 Å². The zero-order valence-corrected chi connectivity index (χ0v) is 6.27. The van der Waals surface area contributed by atoms with Crippen molar-refractivity contribution >= 4 is 0 Å². The first-order valence-electron chi connectivity index (χ1n) is 4.21. The number of hydrogen-bond acceptors (Lipinski definition) is 2. The van der Waals surface area contributed by atoms with E-state index in [-0.39, 0.29) is 5.54 Å². The predicted octanol–water partition coefficient (Wildman–Crippen LogP) is 0.511. The number of nitrogens with one attached hydrogen (secondary N) is 1. The maximum absolute atomic E-state index is 9.10. The van der Waals surface area contributed by atoms with E-state index in [0.29, 0.717) is 6.61 Å². The highest BCUT2D eigenvalue weighted by Crippen LogP contribution is 2.36. The van der Waals surface area contributed by atoms with Crippen LogP contribution in [0.15, 0.2) is 0 Å². The minimum absolute atomic E-state index is 0.134. The molecule has 2 heteroatoms. The normalized spacial score (nSPS) is 45.9. The summed E-state index contributed by atoms with van der Waals surface area (Å²) >= 11 is 0. The monoisotopic (exact) mass is 141 g/mol. The van der Waals surface area contributed by atoms with Crippen LogP contribution >= 0.6 is 0 Å². The zero-order valence-electron chi connectivity index (χ0n) is 6.27. The van der Waals surface area contributed by atoms with Gasteiger partial charge in [-0.2, -0.15) is 0 Å². The third kappa shape index (κ3) is 0.867. The van der Waals surface area contributed by atoms with Crippen molar-refractivity contribution in [3.05, 3.63) is 0 Å². The molecule has 0 aromatic heterocycles. The van der Waals surface area contributed by atoms with E-state index in [1.807, 2.05) is 0 Å². The summed E-state index contributed by atoms with van der Waals surface area (Å²) in [6.07, 6.45) is 5.03. The van der Waals surface area contributed by atoms with Gasteiger partial charge in [0.2, 0.25) is 0 Å². The SMILES string of the molecule is OCC12CCC(CC1)CN2. The summed E-state index contributed by atoms with van der Waals surface area (Å²) in [5.41, 5.74) is 0.134. The van der Waals surface area contributed by atoms with Crippen LogP contribution in [0, 0.1) is 5.92 Å². The molecular formula is C8H15NO. The summed E-state index contributed by atoms with van der Waals surface area (Å²) < 4.78 is 0. The highest BCUT2D eigenvalue weighted by Gasteiger charge is 2.39. The Balaban J connectivity index is 2.08. The van der Waals surface area contributed by atoms with E-state index in [2.05, 4.69) is 5.32 Å². The first kappa shape index (κ1) is 6.62. The summed E-state index contributed by atoms with van der Waals surface area (Å²) in [4.78, 5) is 0. The molecule has 3 fully saturated rings. The smallest absolute Gasteiger partial charge is 0.0613 e. The van der Waals surface area contributed by atoms with Gasteiger partial charge in [0.05, 0.1) is 6.61 Å². The first-order chi connectivity index (χ1) is 4.85. The predicted molar refractivity (Wildman–Crippen MR) is 39.8 cm³/mol. The van der Waals surface area contributed by atoms with Crippen molar-refractivity contribution in [2.45, 2.75) is 31.2 Å². The number of piperidine rings is 2. The minimum atomic E-state index is 0.134. The van der Waals surface area contributed by atoms with Crippen molar-refractivity contribution in [2.24, 2.45) is 5.92 Å². The average Bonchev–Trinajstić information content (AvgIpc) is 2.08. The van der Waals surface area contributed by atoms with Gasteiger partial charge in [0.1, 0.15) is 0 Å². The van der Waals surface area contributed by atoms with Gasteiger partial charge in [-0.15, -0.1) is 0 Å². The molecular weight excluding hydrogens is 126 g/mol. The molecule has 2 nitrogen and oxygen atoms in total. The second kappa shape index (κ2) is 2.21. The van der Waals surface area contributed by atoms with Gasteiger partial charge in [-0.25, -0.2) is 0 Å². The quantitative estimate of drug-likeness (QED) is 0.557. The lowest BCUT2D eigenvalue weighted by atomic mass is 9.72. The summed E-state index contributed by atoms with van der Waals surface area (Å²) in [7, 11) is 0. The van der Waals surface area contributed by atoms with Gasteiger partial charge in [-0.05, 0) is 38.1 Å². The number of fused-ring (bicyclic) bond motifs is 3. The summed E-state index contributed by atoms with van der Waals surface area (Å²) in [5, 5.41) is 12.5. The Morgan fingerprint density at radius 2 is 2.10 bits per heavy atom. The summed E-state index contributed by atoms with van der Waals surface area (Å²) in [6, 6.07) is 0. The van der Waals surface area contributed by atoms with E-state index in [9.17, 15) is 0 Å². The number of hydrogen-bond donors (Lipinski definition) is 2. The van der Waals surface area contributed by atoms with E-state index >= 15 is 0 Å². The average molecular weight is 141 g/mol. The van der Waals surface area contributed by atoms with E-state index in [1.165, 1.54) is 25.7 Å². The first-order valence-corrected chi connectivity index (χ1v) is 4.21. The van der Waals surface area contributed by atoms with Crippen LogP contribution in [-0.2, 0) is 0 Å². The summed E-state index contributed by atoms with van der Waals surface area (Å²) in [6.45, 7) is 1.47. The fourth-order valence-electron chi connectivity index (χ4n) is 2.19.